The predicted molar refractivity (Wildman–Crippen MR) is 76.7 cm³/mol. The summed E-state index contributed by atoms with van der Waals surface area (Å²) in [4.78, 5) is 12.4. The predicted octanol–water partition coefficient (Wildman–Crippen LogP) is 2.72. The van der Waals surface area contributed by atoms with Crippen molar-refractivity contribution in [3.8, 4) is 5.75 Å². The highest BCUT2D eigenvalue weighted by Gasteiger charge is 2.05. The fraction of sp³-hybridized carbons (Fsp3) is 0.143. The van der Waals surface area contributed by atoms with Crippen LogP contribution in [0.4, 0.5) is 4.39 Å². The molecule has 1 aromatic carbocycles. The van der Waals surface area contributed by atoms with E-state index in [9.17, 15) is 9.18 Å². The molecule has 1 N–H and O–H groups in total. The Morgan fingerprint density at radius 1 is 1.45 bits per heavy atom. The van der Waals surface area contributed by atoms with E-state index in [1.807, 2.05) is 18.4 Å². The molecule has 1 amide bonds. The highest BCUT2D eigenvalue weighted by Crippen LogP contribution is 2.15. The Morgan fingerprint density at radius 3 is 2.95 bits per heavy atom. The topological polar surface area (TPSA) is 50.7 Å². The first-order valence-electron chi connectivity index (χ1n) is 5.90. The van der Waals surface area contributed by atoms with Gasteiger partial charge >= 0.3 is 0 Å². The number of amides is 1. The molecule has 0 aliphatic carbocycles. The molecule has 104 valence electrons. The highest BCUT2D eigenvalue weighted by molar-refractivity contribution is 7.11. The van der Waals surface area contributed by atoms with Crippen molar-refractivity contribution in [1.82, 2.24) is 5.43 Å². The lowest BCUT2D eigenvalue weighted by atomic mass is 10.3. The van der Waals surface area contributed by atoms with Crippen LogP contribution < -0.4 is 10.2 Å². The Kier molecular flexibility index (Phi) is 4.84. The van der Waals surface area contributed by atoms with Gasteiger partial charge in [0.25, 0.3) is 5.91 Å². The number of hydrazone groups is 1. The van der Waals surface area contributed by atoms with Gasteiger partial charge in [-0.05, 0) is 36.1 Å². The van der Waals surface area contributed by atoms with Crippen LogP contribution in [0.25, 0.3) is 0 Å². The van der Waals surface area contributed by atoms with Crippen molar-refractivity contribution in [2.24, 2.45) is 5.10 Å². The molecule has 4 nitrogen and oxygen atoms in total. The lowest BCUT2D eigenvalue weighted by Gasteiger charge is -2.05. The van der Waals surface area contributed by atoms with E-state index < -0.39 is 11.7 Å². The van der Waals surface area contributed by atoms with E-state index in [0.717, 1.165) is 10.4 Å². The second-order valence-electron chi connectivity index (χ2n) is 3.98. The van der Waals surface area contributed by atoms with Crippen molar-refractivity contribution >= 4 is 23.5 Å². The number of benzene rings is 1. The van der Waals surface area contributed by atoms with Gasteiger partial charge in [0, 0.05) is 4.88 Å². The van der Waals surface area contributed by atoms with Crippen LogP contribution in [0.1, 0.15) is 10.4 Å². The largest absolute Gasteiger partial charge is 0.481 e. The first-order chi connectivity index (χ1) is 9.66. The minimum Gasteiger partial charge on any atom is -0.481 e. The van der Waals surface area contributed by atoms with Gasteiger partial charge in [0.1, 0.15) is 0 Å². The Bertz CT molecular complexity index is 625. The standard InChI is InChI=1S/C14H13FN2O2S/c1-10-6-7-20-13(10)8-16-17-14(18)9-19-12-5-3-2-4-11(12)15/h2-8H,9H2,1H3,(H,17,18)/b16-8+. The van der Waals surface area contributed by atoms with E-state index in [4.69, 9.17) is 4.74 Å². The molecule has 0 spiro atoms. The fourth-order valence-corrected chi connectivity index (χ4v) is 2.20. The molecule has 6 heteroatoms. The van der Waals surface area contributed by atoms with Crippen LogP contribution in [0.5, 0.6) is 5.75 Å². The third kappa shape index (κ3) is 3.89. The monoisotopic (exact) mass is 292 g/mol. The van der Waals surface area contributed by atoms with Crippen LogP contribution in [0.3, 0.4) is 0 Å². The third-order valence-corrected chi connectivity index (χ3v) is 3.42. The maximum Gasteiger partial charge on any atom is 0.277 e. The van der Waals surface area contributed by atoms with Gasteiger partial charge in [-0.25, -0.2) is 9.82 Å². The van der Waals surface area contributed by atoms with E-state index in [1.54, 1.807) is 18.3 Å². The number of para-hydroxylation sites is 1. The Balaban J connectivity index is 1.80. The van der Waals surface area contributed by atoms with Gasteiger partial charge in [0.2, 0.25) is 0 Å². The van der Waals surface area contributed by atoms with Crippen molar-refractivity contribution in [2.75, 3.05) is 6.61 Å². The summed E-state index contributed by atoms with van der Waals surface area (Å²) in [7, 11) is 0. The van der Waals surface area contributed by atoms with E-state index in [1.165, 1.54) is 23.5 Å². The molecule has 0 aliphatic heterocycles. The molecule has 0 unspecified atom stereocenters. The molecule has 2 aromatic rings. The normalized spacial score (nSPS) is 10.7. The van der Waals surface area contributed by atoms with Gasteiger partial charge in [-0.1, -0.05) is 12.1 Å². The van der Waals surface area contributed by atoms with Crippen LogP contribution in [-0.4, -0.2) is 18.7 Å². The maximum atomic E-state index is 13.2. The number of carbonyl (C=O) groups excluding carboxylic acids is 1. The summed E-state index contributed by atoms with van der Waals surface area (Å²) in [5.41, 5.74) is 3.42. The van der Waals surface area contributed by atoms with E-state index in [2.05, 4.69) is 10.5 Å². The molecule has 2 rings (SSSR count). The van der Waals surface area contributed by atoms with Crippen molar-refractivity contribution in [2.45, 2.75) is 6.92 Å². The van der Waals surface area contributed by atoms with E-state index >= 15 is 0 Å². The molecule has 0 aliphatic rings. The van der Waals surface area contributed by atoms with Crippen LogP contribution in [-0.2, 0) is 4.79 Å². The van der Waals surface area contributed by atoms with Gasteiger partial charge < -0.3 is 4.74 Å². The molecule has 0 saturated carbocycles. The molecule has 0 atom stereocenters. The second kappa shape index (κ2) is 6.81. The quantitative estimate of drug-likeness (QED) is 0.680. The van der Waals surface area contributed by atoms with Crippen molar-refractivity contribution in [3.05, 3.63) is 52.0 Å². The lowest BCUT2D eigenvalue weighted by molar-refractivity contribution is -0.123. The summed E-state index contributed by atoms with van der Waals surface area (Å²) < 4.78 is 18.3. The molecule has 1 aromatic heterocycles. The smallest absolute Gasteiger partial charge is 0.277 e. The number of nitrogens with zero attached hydrogens (tertiary/aromatic N) is 1. The zero-order valence-electron chi connectivity index (χ0n) is 10.8. The molecule has 20 heavy (non-hydrogen) atoms. The molecule has 0 bridgehead atoms. The number of rotatable bonds is 5. The number of halogens is 1. The number of hydrogen-bond acceptors (Lipinski definition) is 4. The summed E-state index contributed by atoms with van der Waals surface area (Å²) in [6, 6.07) is 7.88. The summed E-state index contributed by atoms with van der Waals surface area (Å²) in [5, 5.41) is 5.77. The lowest BCUT2D eigenvalue weighted by Crippen LogP contribution is -2.24. The number of nitrogens with one attached hydrogen (secondary N) is 1. The highest BCUT2D eigenvalue weighted by atomic mass is 32.1. The number of hydrogen-bond donors (Lipinski definition) is 1. The van der Waals surface area contributed by atoms with Gasteiger partial charge in [0.05, 0.1) is 6.21 Å². The fourth-order valence-electron chi connectivity index (χ4n) is 1.42. The SMILES string of the molecule is Cc1ccsc1/C=N/NC(=O)COc1ccccc1F. The van der Waals surface area contributed by atoms with Crippen LogP contribution in [0, 0.1) is 12.7 Å². The number of ether oxygens (including phenoxy) is 1. The molecular weight excluding hydrogens is 279 g/mol. The van der Waals surface area contributed by atoms with Gasteiger partial charge in [-0.2, -0.15) is 5.10 Å². The van der Waals surface area contributed by atoms with E-state index in [-0.39, 0.29) is 12.4 Å². The van der Waals surface area contributed by atoms with Gasteiger partial charge in [-0.3, -0.25) is 4.79 Å². The van der Waals surface area contributed by atoms with E-state index in [0.29, 0.717) is 0 Å². The molecule has 0 radical (unpaired) electrons. The van der Waals surface area contributed by atoms with Crippen LogP contribution in [0.2, 0.25) is 0 Å². The molecule has 1 heterocycles. The molecule has 0 saturated heterocycles. The number of carbonyl (C=O) groups is 1. The van der Waals surface area contributed by atoms with Crippen molar-refractivity contribution in [1.29, 1.82) is 0 Å². The zero-order chi connectivity index (χ0) is 14.4. The second-order valence-corrected chi connectivity index (χ2v) is 4.93. The average Bonchev–Trinajstić information content (AvgIpc) is 2.84. The minimum atomic E-state index is -0.502. The zero-order valence-corrected chi connectivity index (χ0v) is 11.6. The minimum absolute atomic E-state index is 0.0423. The van der Waals surface area contributed by atoms with Gasteiger partial charge in [0.15, 0.2) is 18.2 Å². The van der Waals surface area contributed by atoms with Crippen molar-refractivity contribution < 1.29 is 13.9 Å². The Hall–Kier alpha value is -2.21. The third-order valence-electron chi connectivity index (χ3n) is 2.47. The maximum absolute atomic E-state index is 13.2. The Labute approximate surface area is 119 Å². The molecule has 0 fully saturated rings. The number of thiophene rings is 1. The first-order valence-corrected chi connectivity index (χ1v) is 6.78. The average molecular weight is 292 g/mol. The van der Waals surface area contributed by atoms with Crippen molar-refractivity contribution in [3.63, 3.8) is 0 Å². The Morgan fingerprint density at radius 2 is 2.25 bits per heavy atom. The summed E-state index contributed by atoms with van der Waals surface area (Å²) in [5.74, 6) is -0.905. The summed E-state index contributed by atoms with van der Waals surface area (Å²) in [6.45, 7) is 1.67. The summed E-state index contributed by atoms with van der Waals surface area (Å²) >= 11 is 1.53. The van der Waals surface area contributed by atoms with Gasteiger partial charge in [-0.15, -0.1) is 11.3 Å². The summed E-state index contributed by atoms with van der Waals surface area (Å²) in [6.07, 6.45) is 1.57. The molecular formula is C14H13FN2O2S. The van der Waals surface area contributed by atoms with Crippen LogP contribution in [0.15, 0.2) is 40.8 Å². The number of aryl methyl sites for hydroxylation is 1. The first kappa shape index (κ1) is 14.2. The van der Waals surface area contributed by atoms with Crippen LogP contribution >= 0.6 is 11.3 Å².